The fourth-order valence-electron chi connectivity index (χ4n) is 3.92. The molecule has 2 N–H and O–H groups in total. The van der Waals surface area contributed by atoms with Crippen molar-refractivity contribution < 1.29 is 4.74 Å². The first-order chi connectivity index (χ1) is 15.7. The van der Waals surface area contributed by atoms with Crippen LogP contribution in [0.15, 0.2) is 67.3 Å². The first kappa shape index (κ1) is 19.7. The van der Waals surface area contributed by atoms with Gasteiger partial charge in [0.2, 0.25) is 0 Å². The Morgan fingerprint density at radius 2 is 1.88 bits per heavy atom. The zero-order valence-corrected chi connectivity index (χ0v) is 17.9. The number of anilines is 1. The molecular formula is C24H23N7O. The molecule has 3 heterocycles. The van der Waals surface area contributed by atoms with Gasteiger partial charge in [0, 0.05) is 41.4 Å². The Labute approximate surface area is 185 Å². The predicted molar refractivity (Wildman–Crippen MR) is 125 cm³/mol. The van der Waals surface area contributed by atoms with E-state index in [0.29, 0.717) is 0 Å². The van der Waals surface area contributed by atoms with Crippen LogP contribution >= 0.6 is 0 Å². The largest absolute Gasteiger partial charge is 0.496 e. The number of hydrogen-bond donors (Lipinski definition) is 2. The summed E-state index contributed by atoms with van der Waals surface area (Å²) in [4.78, 5) is 11.8. The van der Waals surface area contributed by atoms with E-state index in [4.69, 9.17) is 4.74 Å². The number of ether oxygens (including phenoxy) is 1. The smallest absolute Gasteiger partial charge is 0.161 e. The summed E-state index contributed by atoms with van der Waals surface area (Å²) in [6, 6.07) is 18.3. The van der Waals surface area contributed by atoms with Crippen LogP contribution in [0, 0.1) is 6.92 Å². The SMILES string of the molecule is COc1cccc2c1cc(C)n2CCNc1cc(-c2ccc(-c3nnc[nH]3)cc2)ncn1. The minimum atomic E-state index is 0.739. The van der Waals surface area contributed by atoms with Crippen LogP contribution in [0.2, 0.25) is 0 Å². The molecule has 0 aliphatic rings. The van der Waals surface area contributed by atoms with E-state index < -0.39 is 0 Å². The number of methoxy groups -OCH3 is 1. The van der Waals surface area contributed by atoms with Gasteiger partial charge in [-0.25, -0.2) is 9.97 Å². The lowest BCUT2D eigenvalue weighted by atomic mass is 10.1. The summed E-state index contributed by atoms with van der Waals surface area (Å²) in [6.07, 6.45) is 3.16. The maximum atomic E-state index is 5.50. The van der Waals surface area contributed by atoms with Gasteiger partial charge in [-0.2, -0.15) is 0 Å². The van der Waals surface area contributed by atoms with E-state index in [1.807, 2.05) is 42.5 Å². The number of fused-ring (bicyclic) bond motifs is 1. The summed E-state index contributed by atoms with van der Waals surface area (Å²) in [7, 11) is 1.71. The molecule has 8 heteroatoms. The van der Waals surface area contributed by atoms with Gasteiger partial charge in [-0.05, 0) is 25.1 Å². The third-order valence-corrected chi connectivity index (χ3v) is 5.51. The molecule has 0 radical (unpaired) electrons. The minimum absolute atomic E-state index is 0.739. The third kappa shape index (κ3) is 3.78. The number of rotatable bonds is 7. The van der Waals surface area contributed by atoms with E-state index >= 15 is 0 Å². The number of hydrogen-bond acceptors (Lipinski definition) is 6. The first-order valence-electron chi connectivity index (χ1n) is 10.4. The van der Waals surface area contributed by atoms with Crippen LogP contribution in [0.1, 0.15) is 5.69 Å². The molecule has 3 aromatic heterocycles. The molecule has 0 saturated heterocycles. The van der Waals surface area contributed by atoms with Crippen molar-refractivity contribution in [2.75, 3.05) is 19.0 Å². The van der Waals surface area contributed by atoms with Gasteiger partial charge in [-0.15, -0.1) is 10.2 Å². The van der Waals surface area contributed by atoms with Crippen molar-refractivity contribution in [2.45, 2.75) is 13.5 Å². The van der Waals surface area contributed by atoms with Crippen LogP contribution in [0.3, 0.4) is 0 Å². The summed E-state index contributed by atoms with van der Waals surface area (Å²) in [5.74, 6) is 2.43. The fraction of sp³-hybridized carbons (Fsp3) is 0.167. The van der Waals surface area contributed by atoms with Crippen molar-refractivity contribution in [1.82, 2.24) is 29.7 Å². The van der Waals surface area contributed by atoms with Crippen molar-refractivity contribution in [3.05, 3.63) is 72.9 Å². The van der Waals surface area contributed by atoms with Gasteiger partial charge >= 0.3 is 0 Å². The molecule has 8 nitrogen and oxygen atoms in total. The number of aromatic nitrogens is 6. The quantitative estimate of drug-likeness (QED) is 0.404. The average Bonchev–Trinajstić information content (AvgIpc) is 3.48. The molecule has 0 aliphatic heterocycles. The molecule has 0 spiro atoms. The number of aromatic amines is 1. The highest BCUT2D eigenvalue weighted by Crippen LogP contribution is 2.28. The van der Waals surface area contributed by atoms with E-state index in [9.17, 15) is 0 Å². The van der Waals surface area contributed by atoms with Gasteiger partial charge in [0.1, 0.15) is 24.2 Å². The zero-order chi connectivity index (χ0) is 21.9. The number of nitrogens with zero attached hydrogens (tertiary/aromatic N) is 5. The van der Waals surface area contributed by atoms with E-state index in [2.05, 4.69) is 54.1 Å². The van der Waals surface area contributed by atoms with Crippen molar-refractivity contribution in [3.8, 4) is 28.4 Å². The van der Waals surface area contributed by atoms with Gasteiger partial charge in [0.25, 0.3) is 0 Å². The molecule has 32 heavy (non-hydrogen) atoms. The monoisotopic (exact) mass is 425 g/mol. The number of nitrogens with one attached hydrogen (secondary N) is 2. The molecule has 5 aromatic rings. The molecule has 0 bridgehead atoms. The lowest BCUT2D eigenvalue weighted by Crippen LogP contribution is -2.12. The van der Waals surface area contributed by atoms with Crippen LogP contribution in [-0.2, 0) is 6.54 Å². The number of benzene rings is 2. The molecular weight excluding hydrogens is 402 g/mol. The normalized spacial score (nSPS) is 11.1. The Morgan fingerprint density at radius 1 is 1.03 bits per heavy atom. The Morgan fingerprint density at radius 3 is 2.66 bits per heavy atom. The topological polar surface area (TPSA) is 93.5 Å². The van der Waals surface area contributed by atoms with Gasteiger partial charge in [0.15, 0.2) is 5.82 Å². The van der Waals surface area contributed by atoms with Crippen LogP contribution in [0.25, 0.3) is 33.5 Å². The standard InChI is InChI=1S/C24H23N7O/c1-16-12-19-21(4-3-5-22(19)32-2)31(16)11-10-25-23-13-20(26-14-27-23)17-6-8-18(9-7-17)24-28-15-29-30-24/h3-9,12-15H,10-11H2,1-2H3,(H,25,26,27)(H,28,29,30). The zero-order valence-electron chi connectivity index (χ0n) is 17.9. The molecule has 0 amide bonds. The predicted octanol–water partition coefficient (Wildman–Crippen LogP) is 4.31. The van der Waals surface area contributed by atoms with Crippen molar-refractivity contribution >= 4 is 16.7 Å². The molecule has 5 rings (SSSR count). The first-order valence-corrected chi connectivity index (χ1v) is 10.4. The summed E-state index contributed by atoms with van der Waals surface area (Å²) < 4.78 is 7.79. The van der Waals surface area contributed by atoms with Gasteiger partial charge in [-0.1, -0.05) is 30.3 Å². The van der Waals surface area contributed by atoms with Crippen LogP contribution in [0.5, 0.6) is 5.75 Å². The molecule has 0 aliphatic carbocycles. The van der Waals surface area contributed by atoms with E-state index in [0.717, 1.165) is 52.7 Å². The number of H-pyrrole nitrogens is 1. The summed E-state index contributed by atoms with van der Waals surface area (Å²) in [6.45, 7) is 3.67. The van der Waals surface area contributed by atoms with Crippen molar-refractivity contribution in [3.63, 3.8) is 0 Å². The summed E-state index contributed by atoms with van der Waals surface area (Å²) in [5, 5.41) is 12.4. The second kappa shape index (κ2) is 8.50. The molecule has 0 saturated carbocycles. The molecule has 2 aromatic carbocycles. The fourth-order valence-corrected chi connectivity index (χ4v) is 3.92. The number of aryl methyl sites for hydroxylation is 1. The molecule has 0 unspecified atom stereocenters. The summed E-state index contributed by atoms with van der Waals surface area (Å²) >= 11 is 0. The second-order valence-corrected chi connectivity index (χ2v) is 7.46. The van der Waals surface area contributed by atoms with Crippen molar-refractivity contribution in [2.24, 2.45) is 0 Å². The van der Waals surface area contributed by atoms with Crippen LogP contribution < -0.4 is 10.1 Å². The van der Waals surface area contributed by atoms with Crippen molar-refractivity contribution in [1.29, 1.82) is 0 Å². The van der Waals surface area contributed by atoms with Crippen LogP contribution in [0.4, 0.5) is 5.82 Å². The lowest BCUT2D eigenvalue weighted by molar-refractivity contribution is 0.420. The highest BCUT2D eigenvalue weighted by molar-refractivity contribution is 5.87. The highest BCUT2D eigenvalue weighted by atomic mass is 16.5. The van der Waals surface area contributed by atoms with Gasteiger partial charge in [-0.3, -0.25) is 0 Å². The van der Waals surface area contributed by atoms with Gasteiger partial charge in [0.05, 0.1) is 18.3 Å². The Bertz CT molecular complexity index is 1340. The lowest BCUT2D eigenvalue weighted by Gasteiger charge is -2.11. The second-order valence-electron chi connectivity index (χ2n) is 7.46. The van der Waals surface area contributed by atoms with E-state index in [1.165, 1.54) is 11.2 Å². The summed E-state index contributed by atoms with van der Waals surface area (Å²) in [5.41, 5.74) is 5.21. The molecule has 160 valence electrons. The maximum Gasteiger partial charge on any atom is 0.161 e. The maximum absolute atomic E-state index is 5.50. The van der Waals surface area contributed by atoms with Crippen LogP contribution in [-0.4, -0.2) is 43.4 Å². The Kier molecular flexibility index (Phi) is 5.25. The van der Waals surface area contributed by atoms with E-state index in [-0.39, 0.29) is 0 Å². The van der Waals surface area contributed by atoms with Gasteiger partial charge < -0.3 is 19.6 Å². The average molecular weight is 425 g/mol. The molecule has 0 fully saturated rings. The van der Waals surface area contributed by atoms with E-state index in [1.54, 1.807) is 19.8 Å². The Hall–Kier alpha value is -4.20. The highest BCUT2D eigenvalue weighted by Gasteiger charge is 2.10. The Balaban J connectivity index is 1.29. The minimum Gasteiger partial charge on any atom is -0.496 e. The molecule has 0 atom stereocenters. The third-order valence-electron chi connectivity index (χ3n) is 5.51.